The van der Waals surface area contributed by atoms with Crippen molar-refractivity contribution in [3.05, 3.63) is 65.7 Å². The standard InChI is InChI=1S/C22H25N3O4/c1-2-29-22(28)25-14-12-24(13-15-25)16-20(26)23-19-11-7-6-10-18(19)21(27)17-8-4-3-5-9-17/h3-11H,2,12-16H2,1H3,(H,23,26). The minimum absolute atomic E-state index is 0.135. The van der Waals surface area contributed by atoms with Crippen LogP contribution in [0.15, 0.2) is 54.6 Å². The summed E-state index contributed by atoms with van der Waals surface area (Å²) in [5.74, 6) is -0.326. The molecule has 0 aliphatic carbocycles. The Morgan fingerprint density at radius 2 is 1.59 bits per heavy atom. The number of para-hydroxylation sites is 1. The summed E-state index contributed by atoms with van der Waals surface area (Å²) in [6.07, 6.45) is -0.315. The number of hydrogen-bond acceptors (Lipinski definition) is 5. The van der Waals surface area contributed by atoms with Gasteiger partial charge < -0.3 is 15.0 Å². The van der Waals surface area contributed by atoms with Crippen LogP contribution in [0.5, 0.6) is 0 Å². The topological polar surface area (TPSA) is 79.0 Å². The van der Waals surface area contributed by atoms with Crippen LogP contribution in [-0.2, 0) is 9.53 Å². The first-order valence-corrected chi connectivity index (χ1v) is 9.71. The molecule has 29 heavy (non-hydrogen) atoms. The molecule has 1 fully saturated rings. The molecule has 2 amide bonds. The van der Waals surface area contributed by atoms with Crippen molar-refractivity contribution in [2.24, 2.45) is 0 Å². The summed E-state index contributed by atoms with van der Waals surface area (Å²) in [5.41, 5.74) is 1.53. The Morgan fingerprint density at radius 3 is 2.28 bits per heavy atom. The summed E-state index contributed by atoms with van der Waals surface area (Å²) in [5, 5.41) is 2.86. The Kier molecular flexibility index (Phi) is 6.97. The SMILES string of the molecule is CCOC(=O)N1CCN(CC(=O)Nc2ccccc2C(=O)c2ccccc2)CC1. The molecule has 0 aromatic heterocycles. The third kappa shape index (κ3) is 5.42. The third-order valence-electron chi connectivity index (χ3n) is 4.75. The van der Waals surface area contributed by atoms with Gasteiger partial charge in [0.25, 0.3) is 0 Å². The molecule has 7 nitrogen and oxygen atoms in total. The van der Waals surface area contributed by atoms with E-state index in [4.69, 9.17) is 4.74 Å². The third-order valence-corrected chi connectivity index (χ3v) is 4.75. The largest absolute Gasteiger partial charge is 0.450 e. The predicted octanol–water partition coefficient (Wildman–Crippen LogP) is 2.63. The van der Waals surface area contributed by atoms with Crippen molar-refractivity contribution in [1.29, 1.82) is 0 Å². The van der Waals surface area contributed by atoms with Crippen molar-refractivity contribution >= 4 is 23.5 Å². The molecule has 0 atom stereocenters. The number of ether oxygens (including phenoxy) is 1. The number of piperazine rings is 1. The highest BCUT2D eigenvalue weighted by Gasteiger charge is 2.23. The van der Waals surface area contributed by atoms with Gasteiger partial charge in [0.05, 0.1) is 18.8 Å². The van der Waals surface area contributed by atoms with Crippen LogP contribution in [0.2, 0.25) is 0 Å². The lowest BCUT2D eigenvalue weighted by Crippen LogP contribution is -2.50. The molecule has 1 aliphatic rings. The fourth-order valence-corrected chi connectivity index (χ4v) is 3.23. The minimum Gasteiger partial charge on any atom is -0.450 e. The van der Waals surface area contributed by atoms with E-state index in [1.807, 2.05) is 23.1 Å². The summed E-state index contributed by atoms with van der Waals surface area (Å²) in [7, 11) is 0. The lowest BCUT2D eigenvalue weighted by Gasteiger charge is -2.33. The highest BCUT2D eigenvalue weighted by atomic mass is 16.6. The van der Waals surface area contributed by atoms with Crippen molar-refractivity contribution < 1.29 is 19.1 Å². The Bertz CT molecular complexity index is 861. The van der Waals surface area contributed by atoms with E-state index < -0.39 is 0 Å². The lowest BCUT2D eigenvalue weighted by molar-refractivity contribution is -0.117. The number of benzene rings is 2. The molecule has 0 bridgehead atoms. The number of nitrogens with zero attached hydrogens (tertiary/aromatic N) is 2. The van der Waals surface area contributed by atoms with Crippen LogP contribution < -0.4 is 5.32 Å². The molecule has 1 saturated heterocycles. The zero-order valence-corrected chi connectivity index (χ0v) is 16.5. The minimum atomic E-state index is -0.315. The number of anilines is 1. The maximum atomic E-state index is 12.8. The molecule has 1 heterocycles. The smallest absolute Gasteiger partial charge is 0.409 e. The number of nitrogens with one attached hydrogen (secondary N) is 1. The number of amides is 2. The van der Waals surface area contributed by atoms with Gasteiger partial charge in [0.2, 0.25) is 5.91 Å². The molecular formula is C22H25N3O4. The van der Waals surface area contributed by atoms with E-state index >= 15 is 0 Å². The molecule has 7 heteroatoms. The highest BCUT2D eigenvalue weighted by Crippen LogP contribution is 2.19. The van der Waals surface area contributed by atoms with Crippen molar-refractivity contribution in [2.45, 2.75) is 6.92 Å². The fourth-order valence-electron chi connectivity index (χ4n) is 3.23. The van der Waals surface area contributed by atoms with Crippen LogP contribution in [0, 0.1) is 0 Å². The first-order valence-electron chi connectivity index (χ1n) is 9.71. The van der Waals surface area contributed by atoms with Crippen molar-refractivity contribution in [2.75, 3.05) is 44.6 Å². The Balaban J connectivity index is 1.58. The summed E-state index contributed by atoms with van der Waals surface area (Å²) in [6, 6.07) is 16.0. The molecule has 1 N–H and O–H groups in total. The monoisotopic (exact) mass is 395 g/mol. The highest BCUT2D eigenvalue weighted by molar-refractivity contribution is 6.13. The quantitative estimate of drug-likeness (QED) is 0.761. The molecular weight excluding hydrogens is 370 g/mol. The van der Waals surface area contributed by atoms with Gasteiger partial charge in [-0.1, -0.05) is 42.5 Å². The molecule has 152 valence electrons. The van der Waals surface area contributed by atoms with Crippen molar-refractivity contribution in [1.82, 2.24) is 9.80 Å². The molecule has 2 aromatic rings. The normalized spacial score (nSPS) is 14.3. The number of rotatable bonds is 6. The van der Waals surface area contributed by atoms with Crippen molar-refractivity contribution in [3.63, 3.8) is 0 Å². The van der Waals surface area contributed by atoms with E-state index in [0.717, 1.165) is 0 Å². The van der Waals surface area contributed by atoms with Crippen molar-refractivity contribution in [3.8, 4) is 0 Å². The van der Waals surface area contributed by atoms with Crippen LogP contribution >= 0.6 is 0 Å². The van der Waals surface area contributed by atoms with E-state index in [2.05, 4.69) is 5.32 Å². The van der Waals surface area contributed by atoms with Gasteiger partial charge in [-0.25, -0.2) is 4.79 Å². The number of ketones is 1. The summed E-state index contributed by atoms with van der Waals surface area (Å²) in [4.78, 5) is 40.7. The van der Waals surface area contributed by atoms with E-state index in [1.165, 1.54) is 0 Å². The Morgan fingerprint density at radius 1 is 0.931 bits per heavy atom. The molecule has 3 rings (SSSR count). The van der Waals surface area contributed by atoms with E-state index in [1.54, 1.807) is 48.2 Å². The van der Waals surface area contributed by atoms with Crippen LogP contribution in [0.25, 0.3) is 0 Å². The predicted molar refractivity (Wildman–Crippen MR) is 110 cm³/mol. The van der Waals surface area contributed by atoms with Gasteiger partial charge in [-0.3, -0.25) is 14.5 Å². The van der Waals surface area contributed by atoms with Crippen LogP contribution in [0.3, 0.4) is 0 Å². The number of carbonyl (C=O) groups excluding carboxylic acids is 3. The average Bonchev–Trinajstić information content (AvgIpc) is 2.75. The average molecular weight is 395 g/mol. The van der Waals surface area contributed by atoms with Crippen LogP contribution in [0.4, 0.5) is 10.5 Å². The molecule has 0 saturated carbocycles. The molecule has 1 aliphatic heterocycles. The lowest BCUT2D eigenvalue weighted by atomic mass is 10.0. The van der Waals surface area contributed by atoms with Gasteiger partial charge in [-0.05, 0) is 19.1 Å². The zero-order valence-electron chi connectivity index (χ0n) is 16.5. The van der Waals surface area contributed by atoms with Gasteiger partial charge in [-0.15, -0.1) is 0 Å². The maximum Gasteiger partial charge on any atom is 0.409 e. The van der Waals surface area contributed by atoms with Gasteiger partial charge in [-0.2, -0.15) is 0 Å². The number of carbonyl (C=O) groups is 3. The molecule has 0 spiro atoms. The van der Waals surface area contributed by atoms with Gasteiger partial charge in [0.1, 0.15) is 0 Å². The van der Waals surface area contributed by atoms with E-state index in [-0.39, 0.29) is 24.3 Å². The summed E-state index contributed by atoms with van der Waals surface area (Å²) >= 11 is 0. The van der Waals surface area contributed by atoms with Crippen LogP contribution in [0.1, 0.15) is 22.8 Å². The van der Waals surface area contributed by atoms with Gasteiger partial charge in [0.15, 0.2) is 5.78 Å². The van der Waals surface area contributed by atoms with E-state index in [0.29, 0.717) is 49.6 Å². The van der Waals surface area contributed by atoms with E-state index in [9.17, 15) is 14.4 Å². The summed E-state index contributed by atoms with van der Waals surface area (Å²) < 4.78 is 5.01. The Labute approximate surface area is 170 Å². The fraction of sp³-hybridized carbons (Fsp3) is 0.318. The molecule has 0 unspecified atom stereocenters. The molecule has 0 radical (unpaired) electrons. The second-order valence-corrected chi connectivity index (χ2v) is 6.75. The first-order chi connectivity index (χ1) is 14.1. The summed E-state index contributed by atoms with van der Waals surface area (Å²) in [6.45, 7) is 4.56. The van der Waals surface area contributed by atoms with Crippen LogP contribution in [-0.4, -0.2) is 66.9 Å². The van der Waals surface area contributed by atoms with Gasteiger partial charge >= 0.3 is 6.09 Å². The maximum absolute atomic E-state index is 12.8. The second-order valence-electron chi connectivity index (χ2n) is 6.75. The molecule has 2 aromatic carbocycles. The zero-order chi connectivity index (χ0) is 20.6. The second kappa shape index (κ2) is 9.84. The first kappa shape index (κ1) is 20.5. The van der Waals surface area contributed by atoms with Gasteiger partial charge in [0, 0.05) is 37.3 Å². The Hall–Kier alpha value is -3.19. The number of hydrogen-bond donors (Lipinski definition) is 1.